The zero-order valence-corrected chi connectivity index (χ0v) is 14.4. The number of nitrogens with zero attached hydrogens (tertiary/aromatic N) is 2. The summed E-state index contributed by atoms with van der Waals surface area (Å²) in [6.07, 6.45) is 0. The largest absolute Gasteiger partial charge is 0.493 e. The van der Waals surface area contributed by atoms with Crippen molar-refractivity contribution in [3.05, 3.63) is 23.8 Å². The number of hydrogen-bond acceptors (Lipinski definition) is 5. The fourth-order valence-electron chi connectivity index (χ4n) is 3.13. The SMILES string of the molecule is COc1ccc(C(CN(C)C)N2CCNCC2C)cc1OC. The molecule has 1 N–H and O–H groups in total. The Labute approximate surface area is 134 Å². The molecule has 1 fully saturated rings. The Morgan fingerprint density at radius 3 is 2.59 bits per heavy atom. The Morgan fingerprint density at radius 1 is 1.27 bits per heavy atom. The lowest BCUT2D eigenvalue weighted by atomic mass is 10.0. The highest BCUT2D eigenvalue weighted by atomic mass is 16.5. The summed E-state index contributed by atoms with van der Waals surface area (Å²) in [6, 6.07) is 7.15. The minimum atomic E-state index is 0.354. The Morgan fingerprint density at radius 2 is 2.00 bits per heavy atom. The molecule has 124 valence electrons. The zero-order chi connectivity index (χ0) is 16.1. The van der Waals surface area contributed by atoms with Gasteiger partial charge in [0.05, 0.1) is 14.2 Å². The Bertz CT molecular complexity index is 479. The number of likely N-dealkylation sites (N-methyl/N-ethyl adjacent to an activating group) is 1. The fourth-order valence-corrected chi connectivity index (χ4v) is 3.13. The van der Waals surface area contributed by atoms with Gasteiger partial charge in [-0.1, -0.05) is 6.07 Å². The third kappa shape index (κ3) is 3.91. The molecule has 0 spiro atoms. The number of methoxy groups -OCH3 is 2. The number of piperazine rings is 1. The van der Waals surface area contributed by atoms with E-state index in [4.69, 9.17) is 9.47 Å². The standard InChI is InChI=1S/C17H29N3O2/c1-13-11-18-8-9-20(13)15(12-19(2)3)14-6-7-16(21-4)17(10-14)22-5/h6-7,10,13,15,18H,8-9,11-12H2,1-5H3. The van der Waals surface area contributed by atoms with Crippen molar-refractivity contribution in [1.29, 1.82) is 0 Å². The molecule has 0 saturated carbocycles. The Hall–Kier alpha value is -1.30. The minimum absolute atomic E-state index is 0.354. The molecule has 5 heteroatoms. The summed E-state index contributed by atoms with van der Waals surface area (Å²) < 4.78 is 10.8. The normalized spacial score (nSPS) is 20.9. The molecule has 1 heterocycles. The van der Waals surface area contributed by atoms with Crippen molar-refractivity contribution in [1.82, 2.24) is 15.1 Å². The molecule has 0 aliphatic carbocycles. The number of benzene rings is 1. The van der Waals surface area contributed by atoms with Crippen LogP contribution in [0.25, 0.3) is 0 Å². The summed E-state index contributed by atoms with van der Waals surface area (Å²) in [7, 11) is 7.62. The van der Waals surface area contributed by atoms with Crippen LogP contribution < -0.4 is 14.8 Å². The highest BCUT2D eigenvalue weighted by molar-refractivity contribution is 5.44. The molecule has 2 atom stereocenters. The van der Waals surface area contributed by atoms with Crippen molar-refractivity contribution >= 4 is 0 Å². The summed E-state index contributed by atoms with van der Waals surface area (Å²) in [5.41, 5.74) is 1.28. The van der Waals surface area contributed by atoms with Gasteiger partial charge in [-0.15, -0.1) is 0 Å². The third-order valence-electron chi connectivity index (χ3n) is 4.28. The van der Waals surface area contributed by atoms with Gasteiger partial charge in [-0.2, -0.15) is 0 Å². The van der Waals surface area contributed by atoms with Crippen LogP contribution >= 0.6 is 0 Å². The van der Waals surface area contributed by atoms with E-state index >= 15 is 0 Å². The molecule has 0 bridgehead atoms. The van der Waals surface area contributed by atoms with Crippen molar-refractivity contribution in [3.8, 4) is 11.5 Å². The van der Waals surface area contributed by atoms with Gasteiger partial charge in [-0.25, -0.2) is 0 Å². The molecular formula is C17H29N3O2. The van der Waals surface area contributed by atoms with E-state index in [1.807, 2.05) is 6.07 Å². The summed E-state index contributed by atoms with van der Waals surface area (Å²) in [5, 5.41) is 3.46. The van der Waals surface area contributed by atoms with E-state index in [2.05, 4.69) is 48.3 Å². The summed E-state index contributed by atoms with van der Waals surface area (Å²) in [4.78, 5) is 4.83. The maximum Gasteiger partial charge on any atom is 0.161 e. The smallest absolute Gasteiger partial charge is 0.161 e. The van der Waals surface area contributed by atoms with Crippen LogP contribution in [0.1, 0.15) is 18.5 Å². The first kappa shape index (κ1) is 17.1. The third-order valence-corrected chi connectivity index (χ3v) is 4.28. The average Bonchev–Trinajstić information content (AvgIpc) is 2.52. The maximum atomic E-state index is 5.48. The van der Waals surface area contributed by atoms with Gasteiger partial charge in [-0.05, 0) is 38.7 Å². The van der Waals surface area contributed by atoms with Gasteiger partial charge in [0, 0.05) is 38.3 Å². The van der Waals surface area contributed by atoms with Crippen molar-refractivity contribution in [3.63, 3.8) is 0 Å². The summed E-state index contributed by atoms with van der Waals surface area (Å²) in [6.45, 7) is 6.42. The van der Waals surface area contributed by atoms with Crippen LogP contribution in [0, 0.1) is 0 Å². The van der Waals surface area contributed by atoms with Crippen LogP contribution in [0.2, 0.25) is 0 Å². The first-order chi connectivity index (χ1) is 10.6. The van der Waals surface area contributed by atoms with E-state index < -0.39 is 0 Å². The second kappa shape index (κ2) is 7.81. The van der Waals surface area contributed by atoms with Gasteiger partial charge in [0.1, 0.15) is 0 Å². The van der Waals surface area contributed by atoms with E-state index in [-0.39, 0.29) is 0 Å². The van der Waals surface area contributed by atoms with Gasteiger partial charge in [-0.3, -0.25) is 4.90 Å². The summed E-state index contributed by atoms with van der Waals surface area (Å²) >= 11 is 0. The first-order valence-electron chi connectivity index (χ1n) is 7.90. The maximum absolute atomic E-state index is 5.48. The summed E-state index contributed by atoms with van der Waals surface area (Å²) in [5.74, 6) is 1.58. The quantitative estimate of drug-likeness (QED) is 0.864. The lowest BCUT2D eigenvalue weighted by Crippen LogP contribution is -2.52. The van der Waals surface area contributed by atoms with Crippen molar-refractivity contribution in [2.45, 2.75) is 19.0 Å². The van der Waals surface area contributed by atoms with Gasteiger partial charge in [0.15, 0.2) is 11.5 Å². The van der Waals surface area contributed by atoms with Crippen LogP contribution in [0.15, 0.2) is 18.2 Å². The van der Waals surface area contributed by atoms with Gasteiger partial charge in [0.2, 0.25) is 0 Å². The van der Waals surface area contributed by atoms with E-state index in [9.17, 15) is 0 Å². The zero-order valence-electron chi connectivity index (χ0n) is 14.4. The second-order valence-corrected chi connectivity index (χ2v) is 6.18. The Kier molecular flexibility index (Phi) is 6.06. The lowest BCUT2D eigenvalue weighted by Gasteiger charge is -2.41. The van der Waals surface area contributed by atoms with Crippen LogP contribution in [0.4, 0.5) is 0 Å². The van der Waals surface area contributed by atoms with E-state index in [0.29, 0.717) is 12.1 Å². The minimum Gasteiger partial charge on any atom is -0.493 e. The van der Waals surface area contributed by atoms with E-state index in [1.165, 1.54) is 5.56 Å². The van der Waals surface area contributed by atoms with Gasteiger partial charge < -0.3 is 19.7 Å². The first-order valence-corrected chi connectivity index (χ1v) is 7.90. The highest BCUT2D eigenvalue weighted by Gasteiger charge is 2.28. The molecule has 2 unspecified atom stereocenters. The monoisotopic (exact) mass is 307 g/mol. The van der Waals surface area contributed by atoms with Crippen LogP contribution in [-0.2, 0) is 0 Å². The molecule has 0 radical (unpaired) electrons. The van der Waals surface area contributed by atoms with Crippen LogP contribution in [0.5, 0.6) is 11.5 Å². The lowest BCUT2D eigenvalue weighted by molar-refractivity contribution is 0.0966. The molecular weight excluding hydrogens is 278 g/mol. The predicted octanol–water partition coefficient (Wildman–Crippen LogP) is 1.60. The molecule has 0 aromatic heterocycles. The second-order valence-electron chi connectivity index (χ2n) is 6.18. The molecule has 5 nitrogen and oxygen atoms in total. The number of ether oxygens (including phenoxy) is 2. The molecule has 1 saturated heterocycles. The number of nitrogens with one attached hydrogen (secondary N) is 1. The molecule has 1 aromatic rings. The fraction of sp³-hybridized carbons (Fsp3) is 0.647. The van der Waals surface area contributed by atoms with Gasteiger partial charge >= 0.3 is 0 Å². The molecule has 1 aromatic carbocycles. The van der Waals surface area contributed by atoms with Crippen LogP contribution in [0.3, 0.4) is 0 Å². The number of hydrogen-bond donors (Lipinski definition) is 1. The molecule has 22 heavy (non-hydrogen) atoms. The van der Waals surface area contributed by atoms with Gasteiger partial charge in [0.25, 0.3) is 0 Å². The van der Waals surface area contributed by atoms with Crippen molar-refractivity contribution < 1.29 is 9.47 Å². The Balaban J connectivity index is 2.32. The predicted molar refractivity (Wildman–Crippen MR) is 89.9 cm³/mol. The van der Waals surface area contributed by atoms with Crippen LogP contribution in [-0.4, -0.2) is 70.3 Å². The van der Waals surface area contributed by atoms with Crippen molar-refractivity contribution in [2.75, 3.05) is 54.5 Å². The topological polar surface area (TPSA) is 37.0 Å². The molecule has 0 amide bonds. The highest BCUT2D eigenvalue weighted by Crippen LogP contribution is 2.33. The molecule has 2 rings (SSSR count). The van der Waals surface area contributed by atoms with E-state index in [0.717, 1.165) is 37.7 Å². The van der Waals surface area contributed by atoms with E-state index in [1.54, 1.807) is 14.2 Å². The number of rotatable bonds is 6. The van der Waals surface area contributed by atoms with Crippen molar-refractivity contribution in [2.24, 2.45) is 0 Å². The average molecular weight is 307 g/mol. The molecule has 1 aliphatic heterocycles. The molecule has 1 aliphatic rings.